The van der Waals surface area contributed by atoms with Gasteiger partial charge in [0.2, 0.25) is 0 Å². The minimum absolute atomic E-state index is 0.865. The lowest BCUT2D eigenvalue weighted by atomic mass is 10.3. The molecule has 0 bridgehead atoms. The molecule has 0 aliphatic rings. The van der Waals surface area contributed by atoms with E-state index in [4.69, 9.17) is 4.74 Å². The van der Waals surface area contributed by atoms with Crippen LogP contribution in [0.25, 0.3) is 0 Å². The first-order valence-corrected chi connectivity index (χ1v) is 5.27. The van der Waals surface area contributed by atoms with Crippen LogP contribution in [0.4, 0.5) is 0 Å². The highest BCUT2D eigenvalue weighted by atomic mass is 32.2. The predicted molar refractivity (Wildman–Crippen MR) is 59.1 cm³/mol. The van der Waals surface area contributed by atoms with E-state index in [9.17, 15) is 0 Å². The van der Waals surface area contributed by atoms with Crippen LogP contribution >= 0.6 is 11.8 Å². The van der Waals surface area contributed by atoms with Crippen LogP contribution in [0.15, 0.2) is 52.8 Å². The van der Waals surface area contributed by atoms with Gasteiger partial charge in [0.25, 0.3) is 0 Å². The Hall–Kier alpha value is -1.55. The molecule has 15 heavy (non-hydrogen) atoms. The molecule has 0 amide bonds. The largest absolute Gasteiger partial charge is 0.497 e. The van der Waals surface area contributed by atoms with Crippen molar-refractivity contribution in [2.75, 3.05) is 7.11 Å². The summed E-state index contributed by atoms with van der Waals surface area (Å²) in [6, 6.07) is 7.89. The maximum atomic E-state index is 5.09. The summed E-state index contributed by atoms with van der Waals surface area (Å²) in [6.07, 6.45) is 5.11. The van der Waals surface area contributed by atoms with E-state index >= 15 is 0 Å². The van der Waals surface area contributed by atoms with Gasteiger partial charge in [0.1, 0.15) is 12.1 Å². The van der Waals surface area contributed by atoms with Crippen LogP contribution in [0.5, 0.6) is 5.75 Å². The van der Waals surface area contributed by atoms with Crippen molar-refractivity contribution >= 4 is 11.8 Å². The Bertz CT molecular complexity index is 416. The Labute approximate surface area is 92.5 Å². The molecule has 76 valence electrons. The van der Waals surface area contributed by atoms with Crippen molar-refractivity contribution in [3.63, 3.8) is 0 Å². The maximum absolute atomic E-state index is 5.09. The number of rotatable bonds is 3. The second kappa shape index (κ2) is 4.79. The van der Waals surface area contributed by atoms with E-state index in [-0.39, 0.29) is 0 Å². The standard InChI is InChI=1S/C11H10N2OS/c1-14-9-2-4-10(5-3-9)15-11-6-12-8-13-7-11/h2-8H,1H3. The van der Waals surface area contributed by atoms with Crippen LogP contribution in [0.2, 0.25) is 0 Å². The predicted octanol–water partition coefficient (Wildman–Crippen LogP) is 2.64. The van der Waals surface area contributed by atoms with Crippen molar-refractivity contribution in [2.24, 2.45) is 0 Å². The Morgan fingerprint density at radius 2 is 1.67 bits per heavy atom. The van der Waals surface area contributed by atoms with Gasteiger partial charge in [-0.1, -0.05) is 11.8 Å². The van der Waals surface area contributed by atoms with Crippen molar-refractivity contribution in [2.45, 2.75) is 9.79 Å². The molecule has 2 aromatic rings. The lowest BCUT2D eigenvalue weighted by Crippen LogP contribution is -1.82. The van der Waals surface area contributed by atoms with Crippen LogP contribution in [0.1, 0.15) is 0 Å². The first-order valence-electron chi connectivity index (χ1n) is 4.45. The van der Waals surface area contributed by atoms with Gasteiger partial charge in [-0.3, -0.25) is 0 Å². The van der Waals surface area contributed by atoms with Crippen molar-refractivity contribution in [1.29, 1.82) is 0 Å². The van der Waals surface area contributed by atoms with Gasteiger partial charge in [-0.2, -0.15) is 0 Å². The van der Waals surface area contributed by atoms with Gasteiger partial charge in [-0.05, 0) is 24.3 Å². The Kier molecular flexibility index (Phi) is 3.19. The monoisotopic (exact) mass is 218 g/mol. The lowest BCUT2D eigenvalue weighted by molar-refractivity contribution is 0.414. The van der Waals surface area contributed by atoms with E-state index in [0.717, 1.165) is 15.5 Å². The Balaban J connectivity index is 2.11. The summed E-state index contributed by atoms with van der Waals surface area (Å²) in [5.74, 6) is 0.865. The number of aromatic nitrogens is 2. The molecule has 1 aromatic heterocycles. The van der Waals surface area contributed by atoms with Gasteiger partial charge in [-0.25, -0.2) is 9.97 Å². The molecule has 0 fully saturated rings. The fourth-order valence-electron chi connectivity index (χ4n) is 1.12. The Morgan fingerprint density at radius 3 is 2.27 bits per heavy atom. The highest BCUT2D eigenvalue weighted by Crippen LogP contribution is 2.27. The zero-order valence-corrected chi connectivity index (χ0v) is 9.07. The molecule has 0 saturated heterocycles. The summed E-state index contributed by atoms with van der Waals surface area (Å²) in [5.41, 5.74) is 0. The SMILES string of the molecule is COc1ccc(Sc2cncnc2)cc1. The second-order valence-electron chi connectivity index (χ2n) is 2.85. The van der Waals surface area contributed by atoms with Crippen molar-refractivity contribution in [3.8, 4) is 5.75 Å². The molecule has 0 N–H and O–H groups in total. The summed E-state index contributed by atoms with van der Waals surface area (Å²) < 4.78 is 5.09. The summed E-state index contributed by atoms with van der Waals surface area (Å²) in [5, 5.41) is 0. The van der Waals surface area contributed by atoms with Crippen molar-refractivity contribution < 1.29 is 4.74 Å². The van der Waals surface area contributed by atoms with Crippen LogP contribution in [-0.4, -0.2) is 17.1 Å². The van der Waals surface area contributed by atoms with Crippen LogP contribution in [0, 0.1) is 0 Å². The van der Waals surface area contributed by atoms with Gasteiger partial charge >= 0.3 is 0 Å². The van der Waals surface area contributed by atoms with Crippen molar-refractivity contribution in [1.82, 2.24) is 9.97 Å². The fourth-order valence-corrected chi connectivity index (χ4v) is 1.89. The summed E-state index contributed by atoms with van der Waals surface area (Å²) >= 11 is 1.63. The number of methoxy groups -OCH3 is 1. The third-order valence-corrected chi connectivity index (χ3v) is 2.79. The average Bonchev–Trinajstić information content (AvgIpc) is 2.31. The van der Waals surface area contributed by atoms with Crippen LogP contribution in [0.3, 0.4) is 0 Å². The number of nitrogens with zero attached hydrogens (tertiary/aromatic N) is 2. The van der Waals surface area contributed by atoms with Gasteiger partial charge in [0, 0.05) is 22.2 Å². The highest BCUT2D eigenvalue weighted by molar-refractivity contribution is 7.99. The van der Waals surface area contributed by atoms with Gasteiger partial charge in [-0.15, -0.1) is 0 Å². The summed E-state index contributed by atoms with van der Waals surface area (Å²) in [4.78, 5) is 10.1. The molecule has 4 heteroatoms. The van der Waals surface area contributed by atoms with E-state index in [0.29, 0.717) is 0 Å². The molecule has 3 nitrogen and oxygen atoms in total. The molecule has 0 aliphatic carbocycles. The minimum Gasteiger partial charge on any atom is -0.497 e. The molecule has 0 spiro atoms. The number of hydrogen-bond donors (Lipinski definition) is 0. The van der Waals surface area contributed by atoms with Crippen LogP contribution in [-0.2, 0) is 0 Å². The topological polar surface area (TPSA) is 35.0 Å². The molecular weight excluding hydrogens is 208 g/mol. The zero-order valence-electron chi connectivity index (χ0n) is 8.25. The number of benzene rings is 1. The maximum Gasteiger partial charge on any atom is 0.118 e. The quantitative estimate of drug-likeness (QED) is 0.793. The molecule has 1 aromatic carbocycles. The van der Waals surface area contributed by atoms with Crippen molar-refractivity contribution in [3.05, 3.63) is 43.0 Å². The number of hydrogen-bond acceptors (Lipinski definition) is 4. The molecule has 0 unspecified atom stereocenters. The molecule has 0 aliphatic heterocycles. The van der Waals surface area contributed by atoms with Gasteiger partial charge in [0.05, 0.1) is 7.11 Å². The van der Waals surface area contributed by atoms with Crippen LogP contribution < -0.4 is 4.74 Å². The third kappa shape index (κ3) is 2.70. The summed E-state index contributed by atoms with van der Waals surface area (Å²) in [6.45, 7) is 0. The molecule has 0 radical (unpaired) electrons. The minimum atomic E-state index is 0.865. The normalized spacial score (nSPS) is 9.93. The first-order chi connectivity index (χ1) is 7.38. The molecule has 0 atom stereocenters. The molecule has 1 heterocycles. The summed E-state index contributed by atoms with van der Waals surface area (Å²) in [7, 11) is 1.66. The number of ether oxygens (including phenoxy) is 1. The Morgan fingerprint density at radius 1 is 1.00 bits per heavy atom. The molecule has 0 saturated carbocycles. The second-order valence-corrected chi connectivity index (χ2v) is 4.00. The molecular formula is C11H10N2OS. The van der Waals surface area contributed by atoms with E-state index in [1.807, 2.05) is 24.3 Å². The van der Waals surface area contributed by atoms with E-state index in [1.54, 1.807) is 31.3 Å². The highest BCUT2D eigenvalue weighted by Gasteiger charge is 1.97. The zero-order chi connectivity index (χ0) is 10.5. The van der Waals surface area contributed by atoms with E-state index < -0.39 is 0 Å². The van der Waals surface area contributed by atoms with Gasteiger partial charge < -0.3 is 4.74 Å². The third-order valence-electron chi connectivity index (χ3n) is 1.83. The average molecular weight is 218 g/mol. The molecule has 2 rings (SSSR count). The fraction of sp³-hybridized carbons (Fsp3) is 0.0909. The van der Waals surface area contributed by atoms with E-state index in [1.165, 1.54) is 6.33 Å². The first kappa shape index (κ1) is 9.98. The lowest BCUT2D eigenvalue weighted by Gasteiger charge is -2.02. The van der Waals surface area contributed by atoms with Gasteiger partial charge in [0.15, 0.2) is 0 Å². The van der Waals surface area contributed by atoms with E-state index in [2.05, 4.69) is 9.97 Å². The smallest absolute Gasteiger partial charge is 0.118 e.